The predicted molar refractivity (Wildman–Crippen MR) is 147 cm³/mol. The maximum Gasteiger partial charge on any atom is 0.193 e. The number of aromatic nitrogens is 1. The molecule has 2 nitrogen and oxygen atoms in total. The van der Waals surface area contributed by atoms with Gasteiger partial charge in [-0.3, -0.25) is 0 Å². The zero-order chi connectivity index (χ0) is 24.2. The van der Waals surface area contributed by atoms with Crippen LogP contribution in [0.15, 0.2) is 36.0 Å². The third-order valence-corrected chi connectivity index (χ3v) is 19.9. The summed E-state index contributed by atoms with van der Waals surface area (Å²) >= 11 is 0. The van der Waals surface area contributed by atoms with E-state index in [4.69, 9.17) is 4.43 Å². The zero-order valence-corrected chi connectivity index (χ0v) is 24.8. The monoisotopic (exact) mass is 469 g/mol. The highest BCUT2D eigenvalue weighted by Gasteiger charge is 2.46. The minimum atomic E-state index is -1.92. The van der Waals surface area contributed by atoms with E-state index in [1.807, 2.05) is 0 Å². The molecule has 0 saturated heterocycles. The SMILES string of the molecule is CC1=CCc2cn([Si](C(C)C)(C(C)C)C(C)C)c3cccc(c23)C1O[Si](C)(C)C(C)(C)C. The molecule has 0 saturated carbocycles. The molecule has 1 heterocycles. The first-order valence-electron chi connectivity index (χ1n) is 12.6. The highest BCUT2D eigenvalue weighted by atomic mass is 28.4. The van der Waals surface area contributed by atoms with Crippen LogP contribution in [-0.4, -0.2) is 20.8 Å². The van der Waals surface area contributed by atoms with Crippen molar-refractivity contribution >= 4 is 27.5 Å². The Morgan fingerprint density at radius 2 is 1.53 bits per heavy atom. The van der Waals surface area contributed by atoms with Crippen LogP contribution in [0.25, 0.3) is 10.9 Å². The van der Waals surface area contributed by atoms with Crippen molar-refractivity contribution in [2.75, 3.05) is 0 Å². The van der Waals surface area contributed by atoms with Crippen LogP contribution in [-0.2, 0) is 10.8 Å². The van der Waals surface area contributed by atoms with Gasteiger partial charge in [-0.25, -0.2) is 0 Å². The molecular weight excluding hydrogens is 422 g/mol. The quantitative estimate of drug-likeness (QED) is 0.304. The molecule has 1 aliphatic carbocycles. The zero-order valence-electron chi connectivity index (χ0n) is 22.8. The first kappa shape index (κ1) is 25.5. The Morgan fingerprint density at radius 3 is 2.03 bits per heavy atom. The van der Waals surface area contributed by atoms with Crippen molar-refractivity contribution in [3.05, 3.63) is 47.2 Å². The Labute approximate surface area is 199 Å². The average molecular weight is 470 g/mol. The van der Waals surface area contributed by atoms with E-state index in [-0.39, 0.29) is 11.1 Å². The molecule has 178 valence electrons. The van der Waals surface area contributed by atoms with Gasteiger partial charge in [0.05, 0.1) is 6.10 Å². The molecule has 3 rings (SSSR count). The summed E-state index contributed by atoms with van der Waals surface area (Å²) in [5.41, 5.74) is 7.69. The summed E-state index contributed by atoms with van der Waals surface area (Å²) in [4.78, 5) is 0. The molecule has 2 aromatic rings. The molecule has 1 aromatic heterocycles. The van der Waals surface area contributed by atoms with Gasteiger partial charge in [0.15, 0.2) is 16.6 Å². The van der Waals surface area contributed by atoms with Crippen molar-refractivity contribution in [2.45, 2.75) is 117 Å². The average Bonchev–Trinajstić information content (AvgIpc) is 2.96. The van der Waals surface area contributed by atoms with Gasteiger partial charge in [0.25, 0.3) is 0 Å². The van der Waals surface area contributed by atoms with E-state index in [0.29, 0.717) is 16.6 Å². The lowest BCUT2D eigenvalue weighted by atomic mass is 10.0. The van der Waals surface area contributed by atoms with Crippen LogP contribution in [0.2, 0.25) is 34.8 Å². The van der Waals surface area contributed by atoms with E-state index in [1.54, 1.807) is 0 Å². The van der Waals surface area contributed by atoms with Gasteiger partial charge in [0.1, 0.15) is 0 Å². The molecule has 0 radical (unpaired) electrons. The Kier molecular flexibility index (Phi) is 6.85. The predicted octanol–water partition coefficient (Wildman–Crippen LogP) is 9.23. The number of allylic oxidation sites excluding steroid dienone is 1. The Hall–Kier alpha value is -1.11. The maximum atomic E-state index is 7.09. The fourth-order valence-corrected chi connectivity index (χ4v) is 14.1. The van der Waals surface area contributed by atoms with Crippen LogP contribution in [0.4, 0.5) is 0 Å². The van der Waals surface area contributed by atoms with Crippen molar-refractivity contribution in [1.29, 1.82) is 0 Å². The molecule has 1 aromatic carbocycles. The number of nitrogens with zero attached hydrogens (tertiary/aromatic N) is 1. The molecule has 0 spiro atoms. The Balaban J connectivity index is 2.29. The van der Waals surface area contributed by atoms with Gasteiger partial charge in [-0.05, 0) is 77.1 Å². The van der Waals surface area contributed by atoms with Crippen molar-refractivity contribution in [1.82, 2.24) is 4.23 Å². The van der Waals surface area contributed by atoms with Crippen LogP contribution in [0.1, 0.15) is 86.5 Å². The molecule has 0 bridgehead atoms. The summed E-state index contributed by atoms with van der Waals surface area (Å²) in [6.45, 7) is 28.8. The molecule has 1 aliphatic rings. The van der Waals surface area contributed by atoms with Gasteiger partial charge < -0.3 is 8.66 Å². The van der Waals surface area contributed by atoms with Crippen LogP contribution in [0, 0.1) is 0 Å². The number of benzene rings is 1. The van der Waals surface area contributed by atoms with Crippen molar-refractivity contribution in [3.63, 3.8) is 0 Å². The summed E-state index contributed by atoms with van der Waals surface area (Å²) in [5.74, 6) is 0. The summed E-state index contributed by atoms with van der Waals surface area (Å²) in [6, 6.07) is 6.99. The molecule has 32 heavy (non-hydrogen) atoms. The fourth-order valence-electron chi connectivity index (χ4n) is 6.18. The Bertz CT molecular complexity index is 983. The summed E-state index contributed by atoms with van der Waals surface area (Å²) in [6.07, 6.45) is 6.03. The van der Waals surface area contributed by atoms with Gasteiger partial charge in [0.2, 0.25) is 0 Å². The normalized spacial score (nSPS) is 18.1. The lowest BCUT2D eigenvalue weighted by Gasteiger charge is -2.44. The van der Waals surface area contributed by atoms with Crippen molar-refractivity contribution in [3.8, 4) is 0 Å². The number of hydrogen-bond acceptors (Lipinski definition) is 1. The largest absolute Gasteiger partial charge is 0.406 e. The topological polar surface area (TPSA) is 14.2 Å². The molecule has 0 N–H and O–H groups in total. The van der Waals surface area contributed by atoms with Gasteiger partial charge in [-0.15, -0.1) is 0 Å². The molecular formula is C28H47NOSi2. The van der Waals surface area contributed by atoms with Crippen LogP contribution >= 0.6 is 0 Å². The summed E-state index contributed by atoms with van der Waals surface area (Å²) in [7, 11) is -3.74. The van der Waals surface area contributed by atoms with Crippen molar-refractivity contribution < 1.29 is 4.43 Å². The second-order valence-corrected chi connectivity index (χ2v) is 23.0. The van der Waals surface area contributed by atoms with Gasteiger partial charge >= 0.3 is 0 Å². The second-order valence-electron chi connectivity index (χ2n) is 12.5. The molecule has 0 aliphatic heterocycles. The molecule has 0 amide bonds. The van der Waals surface area contributed by atoms with Gasteiger partial charge in [-0.2, -0.15) is 0 Å². The van der Waals surface area contributed by atoms with E-state index in [0.717, 1.165) is 6.42 Å². The van der Waals surface area contributed by atoms with Crippen LogP contribution < -0.4 is 0 Å². The first-order valence-corrected chi connectivity index (χ1v) is 17.7. The maximum absolute atomic E-state index is 7.09. The van der Waals surface area contributed by atoms with Gasteiger partial charge in [0, 0.05) is 10.9 Å². The third-order valence-electron chi connectivity index (χ3n) is 8.69. The van der Waals surface area contributed by atoms with Crippen LogP contribution in [0.5, 0.6) is 0 Å². The lowest BCUT2D eigenvalue weighted by Crippen LogP contribution is -2.51. The first-order chi connectivity index (χ1) is 14.7. The van der Waals surface area contributed by atoms with E-state index < -0.39 is 16.6 Å². The highest BCUT2D eigenvalue weighted by molar-refractivity contribution is 6.82. The van der Waals surface area contributed by atoms with E-state index in [9.17, 15) is 0 Å². The number of rotatable bonds is 6. The lowest BCUT2D eigenvalue weighted by molar-refractivity contribution is 0.219. The third kappa shape index (κ3) is 3.90. The second kappa shape index (κ2) is 8.59. The summed E-state index contributed by atoms with van der Waals surface area (Å²) in [5, 5.41) is 1.65. The highest BCUT2D eigenvalue weighted by Crippen LogP contribution is 2.48. The van der Waals surface area contributed by atoms with Gasteiger partial charge in [-0.1, -0.05) is 80.5 Å². The standard InChI is InChI=1S/C28H47NOSi2/c1-19(2)32(20(3)4,21(5)6)29-18-23-17-16-22(7)27(30-31(11,12)28(8,9)10)24-14-13-15-25(29)26(23)24/h13-16,18-21,27H,17H2,1-12H3. The van der Waals surface area contributed by atoms with Crippen molar-refractivity contribution in [2.24, 2.45) is 0 Å². The minimum absolute atomic E-state index is 0.0601. The smallest absolute Gasteiger partial charge is 0.193 e. The summed E-state index contributed by atoms with van der Waals surface area (Å²) < 4.78 is 9.88. The molecule has 4 heteroatoms. The fraction of sp³-hybridized carbons (Fsp3) is 0.643. The van der Waals surface area contributed by atoms with E-state index in [2.05, 4.69) is 117 Å². The Morgan fingerprint density at radius 1 is 0.969 bits per heavy atom. The minimum Gasteiger partial charge on any atom is -0.406 e. The molecule has 0 fully saturated rings. The molecule has 1 unspecified atom stereocenters. The van der Waals surface area contributed by atoms with E-state index >= 15 is 0 Å². The van der Waals surface area contributed by atoms with Crippen LogP contribution in [0.3, 0.4) is 0 Å². The number of hydrogen-bond donors (Lipinski definition) is 0. The molecule has 1 atom stereocenters. The van der Waals surface area contributed by atoms with E-state index in [1.165, 1.54) is 27.6 Å².